The number of nitrogens with zero attached hydrogens (tertiary/aromatic N) is 3. The number of aromatic nitrogens is 2. The van der Waals surface area contributed by atoms with Crippen molar-refractivity contribution in [2.75, 3.05) is 18.5 Å². The van der Waals surface area contributed by atoms with E-state index in [-0.39, 0.29) is 17.7 Å². The highest BCUT2D eigenvalue weighted by Crippen LogP contribution is 2.35. The first-order valence-electron chi connectivity index (χ1n) is 9.27. The van der Waals surface area contributed by atoms with Gasteiger partial charge in [0, 0.05) is 23.0 Å². The molecule has 0 radical (unpaired) electrons. The van der Waals surface area contributed by atoms with Crippen LogP contribution >= 0.6 is 22.9 Å². The van der Waals surface area contributed by atoms with Crippen LogP contribution in [0.1, 0.15) is 39.3 Å². The Morgan fingerprint density at radius 2 is 2.14 bits per heavy atom. The Balaban J connectivity index is 1.76. The van der Waals surface area contributed by atoms with Crippen LogP contribution < -0.4 is 5.32 Å². The van der Waals surface area contributed by atoms with Crippen molar-refractivity contribution in [1.82, 2.24) is 9.78 Å². The van der Waals surface area contributed by atoms with E-state index in [1.165, 1.54) is 16.0 Å². The molecule has 29 heavy (non-hydrogen) atoms. The number of carbonyl (C=O) groups excluding carboxylic acids is 1. The standard InChI is InChI=1S/C21H19ClN4O2S/c1-13-11-28-12-17(13)19-16(9-23)20(24-10-15-7-8-18(22)29-15)26(25-19)21(27)14-5-3-2-4-6-14/h2-8,13,17,24H,10-12H2,1H3. The predicted molar refractivity (Wildman–Crippen MR) is 112 cm³/mol. The normalized spacial score (nSPS) is 18.5. The molecule has 1 aromatic carbocycles. The maximum absolute atomic E-state index is 13.2. The maximum atomic E-state index is 13.2. The lowest BCUT2D eigenvalue weighted by Crippen LogP contribution is -2.18. The number of hydrogen-bond donors (Lipinski definition) is 1. The van der Waals surface area contributed by atoms with Crippen molar-refractivity contribution in [2.24, 2.45) is 5.92 Å². The second-order valence-electron chi connectivity index (χ2n) is 6.98. The van der Waals surface area contributed by atoms with Crippen LogP contribution in [-0.2, 0) is 11.3 Å². The van der Waals surface area contributed by atoms with Crippen LogP contribution in [0.25, 0.3) is 0 Å². The summed E-state index contributed by atoms with van der Waals surface area (Å²) in [5.41, 5.74) is 1.50. The molecule has 8 heteroatoms. The lowest BCUT2D eigenvalue weighted by Gasteiger charge is -2.10. The van der Waals surface area contributed by atoms with Gasteiger partial charge in [-0.25, -0.2) is 0 Å². The molecule has 148 valence electrons. The molecule has 1 fully saturated rings. The van der Waals surface area contributed by atoms with E-state index in [4.69, 9.17) is 16.3 Å². The summed E-state index contributed by atoms with van der Waals surface area (Å²) < 4.78 is 7.57. The van der Waals surface area contributed by atoms with Gasteiger partial charge in [-0.15, -0.1) is 11.3 Å². The van der Waals surface area contributed by atoms with Crippen molar-refractivity contribution in [2.45, 2.75) is 19.4 Å². The first-order chi connectivity index (χ1) is 14.1. The number of carbonyl (C=O) groups is 1. The zero-order chi connectivity index (χ0) is 20.4. The Kier molecular flexibility index (Phi) is 5.67. The average Bonchev–Trinajstić information content (AvgIpc) is 3.44. The van der Waals surface area contributed by atoms with Crippen LogP contribution in [0.5, 0.6) is 0 Å². The number of halogens is 1. The van der Waals surface area contributed by atoms with Gasteiger partial charge < -0.3 is 10.1 Å². The van der Waals surface area contributed by atoms with Gasteiger partial charge in [0.15, 0.2) is 5.82 Å². The SMILES string of the molecule is CC1COCC1c1nn(C(=O)c2ccccc2)c(NCc2ccc(Cl)s2)c1C#N. The summed E-state index contributed by atoms with van der Waals surface area (Å²) >= 11 is 7.47. The Hall–Kier alpha value is -2.66. The van der Waals surface area contributed by atoms with Crippen LogP contribution in [0.4, 0.5) is 5.82 Å². The van der Waals surface area contributed by atoms with E-state index < -0.39 is 0 Å². The zero-order valence-corrected chi connectivity index (χ0v) is 17.3. The van der Waals surface area contributed by atoms with Gasteiger partial charge in [0.1, 0.15) is 11.6 Å². The molecular formula is C21H19ClN4O2S. The first kappa shape index (κ1) is 19.6. The first-order valence-corrected chi connectivity index (χ1v) is 10.5. The Labute approximate surface area is 177 Å². The van der Waals surface area contributed by atoms with Gasteiger partial charge in [-0.3, -0.25) is 4.79 Å². The Morgan fingerprint density at radius 1 is 1.34 bits per heavy atom. The van der Waals surface area contributed by atoms with Crippen molar-refractivity contribution < 1.29 is 9.53 Å². The fourth-order valence-corrected chi connectivity index (χ4v) is 4.47. The van der Waals surface area contributed by atoms with Crippen LogP contribution in [0, 0.1) is 17.2 Å². The molecule has 0 saturated carbocycles. The van der Waals surface area contributed by atoms with Crippen molar-refractivity contribution in [3.63, 3.8) is 0 Å². The van der Waals surface area contributed by atoms with Gasteiger partial charge in [0.25, 0.3) is 5.91 Å². The fraction of sp³-hybridized carbons (Fsp3) is 0.286. The largest absolute Gasteiger partial charge is 0.380 e. The number of ether oxygens (including phenoxy) is 1. The van der Waals surface area contributed by atoms with Gasteiger partial charge in [-0.1, -0.05) is 36.7 Å². The lowest BCUT2D eigenvalue weighted by atomic mass is 9.92. The minimum Gasteiger partial charge on any atom is -0.380 e. The molecule has 1 aliphatic heterocycles. The van der Waals surface area contributed by atoms with Crippen LogP contribution in [0.15, 0.2) is 42.5 Å². The topological polar surface area (TPSA) is 79.9 Å². The van der Waals surface area contributed by atoms with E-state index in [0.29, 0.717) is 46.7 Å². The zero-order valence-electron chi connectivity index (χ0n) is 15.8. The average molecular weight is 427 g/mol. The van der Waals surface area contributed by atoms with Gasteiger partial charge in [0.05, 0.1) is 23.2 Å². The summed E-state index contributed by atoms with van der Waals surface area (Å²) in [6.07, 6.45) is 0. The van der Waals surface area contributed by atoms with Gasteiger partial charge >= 0.3 is 0 Å². The van der Waals surface area contributed by atoms with Crippen LogP contribution in [-0.4, -0.2) is 28.9 Å². The number of anilines is 1. The monoisotopic (exact) mass is 426 g/mol. The smallest absolute Gasteiger partial charge is 0.280 e. The number of thiophene rings is 1. The summed E-state index contributed by atoms with van der Waals surface area (Å²) in [6, 6.07) is 14.9. The highest BCUT2D eigenvalue weighted by molar-refractivity contribution is 7.16. The number of nitriles is 1. The second kappa shape index (κ2) is 8.37. The number of nitrogens with one attached hydrogen (secondary N) is 1. The van der Waals surface area contributed by atoms with E-state index >= 15 is 0 Å². The Bertz CT molecular complexity index is 1070. The third-order valence-corrected chi connectivity index (χ3v) is 6.24. The molecule has 3 aromatic rings. The maximum Gasteiger partial charge on any atom is 0.280 e. The van der Waals surface area contributed by atoms with Crippen LogP contribution in [0.3, 0.4) is 0 Å². The molecule has 2 aromatic heterocycles. The quantitative estimate of drug-likeness (QED) is 0.648. The molecular weight excluding hydrogens is 408 g/mol. The molecule has 3 heterocycles. The van der Waals surface area contributed by atoms with E-state index in [1.54, 1.807) is 24.3 Å². The molecule has 0 bridgehead atoms. The molecule has 0 spiro atoms. The minimum atomic E-state index is -0.286. The van der Waals surface area contributed by atoms with Crippen molar-refractivity contribution >= 4 is 34.7 Å². The van der Waals surface area contributed by atoms with Crippen LogP contribution in [0.2, 0.25) is 4.34 Å². The van der Waals surface area contributed by atoms with Crippen molar-refractivity contribution in [3.8, 4) is 6.07 Å². The Morgan fingerprint density at radius 3 is 2.76 bits per heavy atom. The molecule has 2 unspecified atom stereocenters. The third kappa shape index (κ3) is 3.92. The third-order valence-electron chi connectivity index (χ3n) is 5.01. The minimum absolute atomic E-state index is 0.0220. The molecule has 1 N–H and O–H groups in total. The summed E-state index contributed by atoms with van der Waals surface area (Å²) in [7, 11) is 0. The van der Waals surface area contributed by atoms with E-state index in [9.17, 15) is 10.1 Å². The molecule has 0 amide bonds. The molecule has 1 saturated heterocycles. The van der Waals surface area contributed by atoms with Gasteiger partial charge in [-0.2, -0.15) is 15.0 Å². The molecule has 4 rings (SSSR count). The molecule has 2 atom stereocenters. The number of rotatable bonds is 5. The lowest BCUT2D eigenvalue weighted by molar-refractivity contribution is 0.0946. The van der Waals surface area contributed by atoms with Gasteiger partial charge in [0.2, 0.25) is 0 Å². The predicted octanol–water partition coefficient (Wildman–Crippen LogP) is 4.52. The van der Waals surface area contributed by atoms with Crippen molar-refractivity contribution in [1.29, 1.82) is 5.26 Å². The summed E-state index contributed by atoms with van der Waals surface area (Å²) in [5, 5.41) is 17.7. The molecule has 0 aliphatic carbocycles. The number of benzene rings is 1. The number of hydrogen-bond acceptors (Lipinski definition) is 6. The molecule has 6 nitrogen and oxygen atoms in total. The molecule has 1 aliphatic rings. The second-order valence-corrected chi connectivity index (χ2v) is 8.78. The van der Waals surface area contributed by atoms with E-state index in [0.717, 1.165) is 4.88 Å². The van der Waals surface area contributed by atoms with E-state index in [1.807, 2.05) is 18.2 Å². The summed E-state index contributed by atoms with van der Waals surface area (Å²) in [6.45, 7) is 3.62. The van der Waals surface area contributed by atoms with Gasteiger partial charge in [-0.05, 0) is 30.2 Å². The highest BCUT2D eigenvalue weighted by Gasteiger charge is 2.34. The summed E-state index contributed by atoms with van der Waals surface area (Å²) in [5.74, 6) is 0.319. The highest BCUT2D eigenvalue weighted by atomic mass is 35.5. The summed E-state index contributed by atoms with van der Waals surface area (Å²) in [4.78, 5) is 14.2. The van der Waals surface area contributed by atoms with E-state index in [2.05, 4.69) is 23.4 Å². The van der Waals surface area contributed by atoms with Crippen molar-refractivity contribution in [3.05, 3.63) is 68.5 Å². The fourth-order valence-electron chi connectivity index (χ4n) is 3.45.